The topological polar surface area (TPSA) is 55.5 Å². The highest BCUT2D eigenvalue weighted by Gasteiger charge is 2.26. The van der Waals surface area contributed by atoms with Gasteiger partial charge in [0.2, 0.25) is 0 Å². The highest BCUT2D eigenvalue weighted by Crippen LogP contribution is 2.27. The maximum atomic E-state index is 5.97. The minimum atomic E-state index is 0.0543. The third kappa shape index (κ3) is 4.83. The molecule has 150 valence electrons. The van der Waals surface area contributed by atoms with Gasteiger partial charge in [-0.05, 0) is 47.7 Å². The van der Waals surface area contributed by atoms with E-state index >= 15 is 0 Å². The molecule has 2 atom stereocenters. The molecule has 4 aromatic rings. The Bertz CT molecular complexity index is 1010. The molecule has 0 aliphatic carbocycles. The van der Waals surface area contributed by atoms with E-state index in [2.05, 4.69) is 78.1 Å². The van der Waals surface area contributed by atoms with E-state index in [9.17, 15) is 0 Å². The van der Waals surface area contributed by atoms with Gasteiger partial charge in [-0.25, -0.2) is 0 Å². The highest BCUT2D eigenvalue weighted by atomic mass is 32.1. The number of thiophene rings is 2. The Labute approximate surface area is 179 Å². The molecule has 0 amide bonds. The fraction of sp³-hybridized carbons (Fsp3) is 0.304. The second-order valence-electron chi connectivity index (χ2n) is 7.74. The van der Waals surface area contributed by atoms with E-state index in [0.29, 0.717) is 17.7 Å². The van der Waals surface area contributed by atoms with Crippen molar-refractivity contribution in [2.24, 2.45) is 5.92 Å². The Morgan fingerprint density at radius 2 is 1.69 bits per heavy atom. The molecule has 29 heavy (non-hydrogen) atoms. The first-order valence-corrected chi connectivity index (χ1v) is 11.7. The molecule has 3 heterocycles. The molecule has 0 saturated heterocycles. The van der Waals surface area contributed by atoms with Crippen LogP contribution in [0.2, 0.25) is 0 Å². The second kappa shape index (κ2) is 9.03. The van der Waals surface area contributed by atoms with Gasteiger partial charge in [0.15, 0.2) is 6.04 Å². The van der Waals surface area contributed by atoms with Crippen molar-refractivity contribution < 1.29 is 9.73 Å². The highest BCUT2D eigenvalue weighted by molar-refractivity contribution is 7.13. The molecular weight excluding hydrogens is 398 g/mol. The zero-order valence-corrected chi connectivity index (χ0v) is 18.5. The smallest absolute Gasteiger partial charge is 0.274 e. The summed E-state index contributed by atoms with van der Waals surface area (Å²) in [5.74, 6) is 1.92. The van der Waals surface area contributed by atoms with Crippen LogP contribution >= 0.6 is 22.7 Å². The first-order valence-electron chi connectivity index (χ1n) is 9.94. The zero-order valence-electron chi connectivity index (χ0n) is 16.9. The van der Waals surface area contributed by atoms with Crippen molar-refractivity contribution in [3.05, 3.63) is 81.2 Å². The van der Waals surface area contributed by atoms with E-state index in [1.54, 1.807) is 22.7 Å². The average Bonchev–Trinajstić information content (AvgIpc) is 3.48. The number of rotatable bonds is 8. The van der Waals surface area contributed by atoms with Crippen molar-refractivity contribution >= 4 is 22.7 Å². The van der Waals surface area contributed by atoms with Gasteiger partial charge in [-0.1, -0.05) is 50.2 Å². The first kappa shape index (κ1) is 20.0. The molecule has 1 aromatic carbocycles. The lowest BCUT2D eigenvalue weighted by Gasteiger charge is -2.18. The van der Waals surface area contributed by atoms with Gasteiger partial charge in [-0.2, -0.15) is 0 Å². The van der Waals surface area contributed by atoms with Crippen LogP contribution in [0.3, 0.4) is 0 Å². The molecular formula is C23H26N3OS2+. The molecule has 0 spiro atoms. The Morgan fingerprint density at radius 1 is 0.931 bits per heavy atom. The van der Waals surface area contributed by atoms with E-state index in [4.69, 9.17) is 4.42 Å². The fourth-order valence-electron chi connectivity index (χ4n) is 3.46. The molecule has 3 aromatic heterocycles. The van der Waals surface area contributed by atoms with Crippen LogP contribution < -0.4 is 5.32 Å². The fourth-order valence-corrected chi connectivity index (χ4v) is 4.94. The summed E-state index contributed by atoms with van der Waals surface area (Å²) in [6.07, 6.45) is 1.11. The van der Waals surface area contributed by atoms with Gasteiger partial charge in [0.25, 0.3) is 11.8 Å². The third-order valence-electron chi connectivity index (χ3n) is 4.88. The lowest BCUT2D eigenvalue weighted by atomic mass is 9.98. The van der Waals surface area contributed by atoms with Gasteiger partial charge >= 0.3 is 0 Å². The summed E-state index contributed by atoms with van der Waals surface area (Å²) >= 11 is 3.40. The molecule has 0 bridgehead atoms. The van der Waals surface area contributed by atoms with Crippen LogP contribution in [0.1, 0.15) is 54.7 Å². The van der Waals surface area contributed by atoms with Gasteiger partial charge in [-0.15, -0.1) is 32.9 Å². The van der Waals surface area contributed by atoms with Crippen molar-refractivity contribution in [1.29, 1.82) is 0 Å². The normalized spacial score (nSPS) is 13.7. The van der Waals surface area contributed by atoms with Crippen LogP contribution in [-0.2, 0) is 6.42 Å². The summed E-state index contributed by atoms with van der Waals surface area (Å²) in [5, 5.41) is 15.0. The lowest BCUT2D eigenvalue weighted by molar-refractivity contribution is -0.725. The van der Waals surface area contributed by atoms with Crippen molar-refractivity contribution in [3.8, 4) is 10.8 Å². The summed E-state index contributed by atoms with van der Waals surface area (Å²) in [7, 11) is 0. The zero-order chi connectivity index (χ0) is 20.2. The monoisotopic (exact) mass is 424 g/mol. The van der Waals surface area contributed by atoms with Crippen molar-refractivity contribution in [2.75, 3.05) is 0 Å². The van der Waals surface area contributed by atoms with Crippen LogP contribution in [0.5, 0.6) is 0 Å². The number of benzene rings is 1. The van der Waals surface area contributed by atoms with E-state index in [1.807, 2.05) is 17.5 Å². The molecule has 0 fully saturated rings. The van der Waals surface area contributed by atoms with E-state index in [-0.39, 0.29) is 12.1 Å². The van der Waals surface area contributed by atoms with Crippen molar-refractivity contribution in [1.82, 2.24) is 10.2 Å². The maximum Gasteiger partial charge on any atom is 0.274 e. The van der Waals surface area contributed by atoms with E-state index in [1.165, 1.54) is 16.0 Å². The molecule has 2 N–H and O–H groups in total. The SMILES string of the molecule is CC(C)Cc1ccc([C@@H]([NH2+][C@H](C)c2nnc(-c3cccs3)o2)c2cccs2)cc1. The summed E-state index contributed by atoms with van der Waals surface area (Å²) in [6.45, 7) is 6.64. The van der Waals surface area contributed by atoms with Gasteiger partial charge < -0.3 is 9.73 Å². The van der Waals surface area contributed by atoms with Crippen LogP contribution in [0.25, 0.3) is 10.8 Å². The summed E-state index contributed by atoms with van der Waals surface area (Å²) in [6, 6.07) is 17.6. The standard InChI is InChI=1S/C23H25N3OS2/c1-15(2)14-17-8-10-18(11-9-17)21(19-6-4-12-28-19)24-16(3)22-25-26-23(27-22)20-7-5-13-29-20/h4-13,15-16,21,24H,14H2,1-3H3/p+1/t16-,21-/m1/s1. The lowest BCUT2D eigenvalue weighted by Crippen LogP contribution is -2.85. The maximum absolute atomic E-state index is 5.97. The number of hydrogen-bond donors (Lipinski definition) is 1. The molecule has 6 heteroatoms. The molecule has 0 unspecified atom stereocenters. The first-order chi connectivity index (χ1) is 14.1. The van der Waals surface area contributed by atoms with Gasteiger partial charge in [0.1, 0.15) is 6.04 Å². The third-order valence-corrected chi connectivity index (χ3v) is 6.69. The molecule has 0 radical (unpaired) electrons. The quantitative estimate of drug-likeness (QED) is 0.408. The minimum Gasteiger partial charge on any atom is -0.414 e. The Morgan fingerprint density at radius 3 is 2.34 bits per heavy atom. The van der Waals surface area contributed by atoms with Crippen molar-refractivity contribution in [3.63, 3.8) is 0 Å². The summed E-state index contributed by atoms with van der Waals surface area (Å²) in [4.78, 5) is 2.33. The van der Waals surface area contributed by atoms with E-state index < -0.39 is 0 Å². The number of nitrogens with two attached hydrogens (primary N) is 1. The second-order valence-corrected chi connectivity index (χ2v) is 9.66. The van der Waals surface area contributed by atoms with Crippen LogP contribution in [0.4, 0.5) is 0 Å². The van der Waals surface area contributed by atoms with Gasteiger partial charge in [-0.3, -0.25) is 0 Å². The Kier molecular flexibility index (Phi) is 6.23. The largest absolute Gasteiger partial charge is 0.414 e. The van der Waals surface area contributed by atoms with Gasteiger partial charge in [0, 0.05) is 5.56 Å². The summed E-state index contributed by atoms with van der Waals surface area (Å²) < 4.78 is 5.97. The predicted molar refractivity (Wildman–Crippen MR) is 119 cm³/mol. The minimum absolute atomic E-state index is 0.0543. The van der Waals surface area contributed by atoms with Crippen molar-refractivity contribution in [2.45, 2.75) is 39.3 Å². The van der Waals surface area contributed by atoms with E-state index in [0.717, 1.165) is 11.3 Å². The number of quaternary nitrogens is 1. The van der Waals surface area contributed by atoms with Gasteiger partial charge in [0.05, 0.1) is 9.75 Å². The summed E-state index contributed by atoms with van der Waals surface area (Å²) in [5.41, 5.74) is 2.68. The molecule has 0 aliphatic heterocycles. The Hall–Kier alpha value is -2.28. The molecule has 0 saturated carbocycles. The van der Waals surface area contributed by atoms with Crippen LogP contribution in [0.15, 0.2) is 63.7 Å². The molecule has 0 aliphatic rings. The Balaban J connectivity index is 1.55. The number of nitrogens with zero attached hydrogens (tertiary/aromatic N) is 2. The molecule has 4 nitrogen and oxygen atoms in total. The van der Waals surface area contributed by atoms with Crippen LogP contribution in [-0.4, -0.2) is 10.2 Å². The number of aromatic nitrogens is 2. The predicted octanol–water partition coefficient (Wildman–Crippen LogP) is 5.47. The molecule has 4 rings (SSSR count). The average molecular weight is 425 g/mol. The number of hydrogen-bond acceptors (Lipinski definition) is 5. The van der Waals surface area contributed by atoms with Crippen LogP contribution in [0, 0.1) is 5.92 Å².